The standard InChI is InChI=1S/C13H16O2/c1-9(13(14)15)11-7-6-10-4-2-3-5-12(10)8-11/h2-5,9,11H,6-8H2,1H3,(H,14,15)/t9-,11?/m1/s1. The zero-order valence-corrected chi connectivity index (χ0v) is 8.94. The van der Waals surface area contributed by atoms with Crippen LogP contribution >= 0.6 is 0 Å². The van der Waals surface area contributed by atoms with E-state index in [4.69, 9.17) is 5.11 Å². The molecule has 0 aliphatic heterocycles. The van der Waals surface area contributed by atoms with Crippen molar-refractivity contribution in [2.75, 3.05) is 0 Å². The van der Waals surface area contributed by atoms with Crippen molar-refractivity contribution in [1.82, 2.24) is 0 Å². The molecule has 1 N–H and O–H groups in total. The lowest BCUT2D eigenvalue weighted by molar-refractivity contribution is -0.143. The number of carbonyl (C=O) groups is 1. The molecule has 1 aromatic carbocycles. The number of hydrogen-bond acceptors (Lipinski definition) is 1. The number of hydrogen-bond donors (Lipinski definition) is 1. The molecule has 0 heterocycles. The summed E-state index contributed by atoms with van der Waals surface area (Å²) in [6.07, 6.45) is 2.95. The maximum atomic E-state index is 10.9. The Morgan fingerprint density at radius 1 is 1.40 bits per heavy atom. The summed E-state index contributed by atoms with van der Waals surface area (Å²) in [6, 6.07) is 8.36. The lowest BCUT2D eigenvalue weighted by atomic mass is 9.78. The van der Waals surface area contributed by atoms with Crippen LogP contribution in [-0.4, -0.2) is 11.1 Å². The fourth-order valence-electron chi connectivity index (χ4n) is 2.35. The van der Waals surface area contributed by atoms with E-state index in [1.165, 1.54) is 11.1 Å². The van der Waals surface area contributed by atoms with Crippen molar-refractivity contribution in [2.45, 2.75) is 26.2 Å². The molecule has 2 nitrogen and oxygen atoms in total. The second-order valence-corrected chi connectivity index (χ2v) is 4.40. The third kappa shape index (κ3) is 2.04. The highest BCUT2D eigenvalue weighted by Gasteiger charge is 2.27. The van der Waals surface area contributed by atoms with Crippen LogP contribution in [-0.2, 0) is 17.6 Å². The summed E-state index contributed by atoms with van der Waals surface area (Å²) in [6.45, 7) is 1.82. The average molecular weight is 204 g/mol. The molecule has 0 bridgehead atoms. The first-order valence-electron chi connectivity index (χ1n) is 5.48. The van der Waals surface area contributed by atoms with Gasteiger partial charge in [-0.3, -0.25) is 4.79 Å². The molecule has 0 saturated carbocycles. The van der Waals surface area contributed by atoms with Gasteiger partial charge in [-0.15, -0.1) is 0 Å². The summed E-state index contributed by atoms with van der Waals surface area (Å²) in [5.41, 5.74) is 2.73. The summed E-state index contributed by atoms with van der Waals surface area (Å²) < 4.78 is 0. The minimum atomic E-state index is -0.667. The first-order chi connectivity index (χ1) is 7.18. The first-order valence-corrected chi connectivity index (χ1v) is 5.48. The number of benzene rings is 1. The third-order valence-electron chi connectivity index (χ3n) is 3.48. The monoisotopic (exact) mass is 204 g/mol. The van der Waals surface area contributed by atoms with E-state index in [-0.39, 0.29) is 5.92 Å². The van der Waals surface area contributed by atoms with E-state index in [9.17, 15) is 4.79 Å². The average Bonchev–Trinajstić information content (AvgIpc) is 2.27. The van der Waals surface area contributed by atoms with Crippen LogP contribution in [0.15, 0.2) is 24.3 Å². The van der Waals surface area contributed by atoms with Gasteiger partial charge in [-0.05, 0) is 36.3 Å². The molecule has 0 aromatic heterocycles. The lowest BCUT2D eigenvalue weighted by Crippen LogP contribution is -2.26. The van der Waals surface area contributed by atoms with Crippen LogP contribution in [0, 0.1) is 11.8 Å². The molecule has 0 fully saturated rings. The Balaban J connectivity index is 2.15. The van der Waals surface area contributed by atoms with Crippen molar-refractivity contribution in [2.24, 2.45) is 11.8 Å². The van der Waals surface area contributed by atoms with E-state index >= 15 is 0 Å². The van der Waals surface area contributed by atoms with Crippen molar-refractivity contribution in [3.8, 4) is 0 Å². The lowest BCUT2D eigenvalue weighted by Gasteiger charge is -2.27. The summed E-state index contributed by atoms with van der Waals surface area (Å²) in [7, 11) is 0. The zero-order valence-electron chi connectivity index (χ0n) is 8.94. The Morgan fingerprint density at radius 2 is 2.07 bits per heavy atom. The van der Waals surface area contributed by atoms with Gasteiger partial charge in [0.2, 0.25) is 0 Å². The molecule has 0 radical (unpaired) electrons. The Morgan fingerprint density at radius 3 is 2.73 bits per heavy atom. The first kappa shape index (κ1) is 10.2. The number of aliphatic carboxylic acids is 1. The van der Waals surface area contributed by atoms with Crippen molar-refractivity contribution in [1.29, 1.82) is 0 Å². The molecule has 0 saturated heterocycles. The predicted molar refractivity (Wildman–Crippen MR) is 58.8 cm³/mol. The molecule has 2 atom stereocenters. The normalized spacial score (nSPS) is 21.8. The topological polar surface area (TPSA) is 37.3 Å². The molecule has 0 spiro atoms. The fraction of sp³-hybridized carbons (Fsp3) is 0.462. The Labute approximate surface area is 89.9 Å². The molecule has 1 aliphatic carbocycles. The SMILES string of the molecule is C[C@@H](C(=O)O)C1CCc2ccccc2C1. The van der Waals surface area contributed by atoms with E-state index in [0.29, 0.717) is 5.92 Å². The van der Waals surface area contributed by atoms with Crippen molar-refractivity contribution in [3.63, 3.8) is 0 Å². The minimum absolute atomic E-state index is 0.224. The maximum absolute atomic E-state index is 10.9. The van der Waals surface area contributed by atoms with E-state index in [1.54, 1.807) is 0 Å². The van der Waals surface area contributed by atoms with Crippen LogP contribution in [0.4, 0.5) is 0 Å². The molecular formula is C13H16O2. The molecule has 15 heavy (non-hydrogen) atoms. The van der Waals surface area contributed by atoms with Crippen LogP contribution in [0.25, 0.3) is 0 Å². The molecule has 0 amide bonds. The van der Waals surface area contributed by atoms with Crippen LogP contribution in [0.2, 0.25) is 0 Å². The molecule has 1 aromatic rings. The molecule has 1 aliphatic rings. The largest absolute Gasteiger partial charge is 0.481 e. The summed E-state index contributed by atoms with van der Waals surface area (Å²) in [4.78, 5) is 10.9. The minimum Gasteiger partial charge on any atom is -0.481 e. The summed E-state index contributed by atoms with van der Waals surface area (Å²) in [5, 5.41) is 8.98. The van der Waals surface area contributed by atoms with E-state index in [2.05, 4.69) is 18.2 Å². The van der Waals surface area contributed by atoms with Gasteiger partial charge in [-0.2, -0.15) is 0 Å². The van der Waals surface area contributed by atoms with Gasteiger partial charge in [0, 0.05) is 0 Å². The van der Waals surface area contributed by atoms with Gasteiger partial charge >= 0.3 is 5.97 Å². The number of carboxylic acids is 1. The van der Waals surface area contributed by atoms with E-state index < -0.39 is 5.97 Å². The number of rotatable bonds is 2. The predicted octanol–water partition coefficient (Wildman–Crippen LogP) is 2.51. The highest BCUT2D eigenvalue weighted by Crippen LogP contribution is 2.30. The number of carboxylic acid groups (broad SMARTS) is 1. The van der Waals surface area contributed by atoms with Crippen LogP contribution in [0.5, 0.6) is 0 Å². The number of aryl methyl sites for hydroxylation is 1. The maximum Gasteiger partial charge on any atom is 0.306 e. The Bertz CT molecular complexity index is 371. The summed E-state index contributed by atoms with van der Waals surface area (Å²) >= 11 is 0. The van der Waals surface area contributed by atoms with Crippen LogP contribution < -0.4 is 0 Å². The Hall–Kier alpha value is -1.31. The van der Waals surface area contributed by atoms with Gasteiger partial charge in [0.15, 0.2) is 0 Å². The van der Waals surface area contributed by atoms with E-state index in [1.807, 2.05) is 13.0 Å². The van der Waals surface area contributed by atoms with E-state index in [0.717, 1.165) is 19.3 Å². The van der Waals surface area contributed by atoms with Gasteiger partial charge in [-0.25, -0.2) is 0 Å². The van der Waals surface area contributed by atoms with Gasteiger partial charge in [0.05, 0.1) is 5.92 Å². The molecular weight excluding hydrogens is 188 g/mol. The quantitative estimate of drug-likeness (QED) is 0.803. The molecule has 2 heteroatoms. The highest BCUT2D eigenvalue weighted by atomic mass is 16.4. The Kier molecular flexibility index (Phi) is 2.76. The van der Waals surface area contributed by atoms with Crippen LogP contribution in [0.3, 0.4) is 0 Å². The van der Waals surface area contributed by atoms with Crippen molar-refractivity contribution < 1.29 is 9.90 Å². The van der Waals surface area contributed by atoms with Gasteiger partial charge in [-0.1, -0.05) is 31.2 Å². The smallest absolute Gasteiger partial charge is 0.306 e. The fourth-order valence-corrected chi connectivity index (χ4v) is 2.35. The van der Waals surface area contributed by atoms with Gasteiger partial charge in [0.25, 0.3) is 0 Å². The highest BCUT2D eigenvalue weighted by molar-refractivity contribution is 5.70. The molecule has 1 unspecified atom stereocenters. The van der Waals surface area contributed by atoms with Crippen molar-refractivity contribution in [3.05, 3.63) is 35.4 Å². The molecule has 80 valence electrons. The second-order valence-electron chi connectivity index (χ2n) is 4.40. The third-order valence-corrected chi connectivity index (χ3v) is 3.48. The molecule has 2 rings (SSSR count). The van der Waals surface area contributed by atoms with Crippen LogP contribution in [0.1, 0.15) is 24.5 Å². The second kappa shape index (κ2) is 4.05. The number of fused-ring (bicyclic) bond motifs is 1. The van der Waals surface area contributed by atoms with Crippen molar-refractivity contribution >= 4 is 5.97 Å². The zero-order chi connectivity index (χ0) is 10.8. The van der Waals surface area contributed by atoms with Gasteiger partial charge in [0.1, 0.15) is 0 Å². The summed E-state index contributed by atoms with van der Waals surface area (Å²) in [5.74, 6) is -0.588. The van der Waals surface area contributed by atoms with Gasteiger partial charge < -0.3 is 5.11 Å².